The fourth-order valence-corrected chi connectivity index (χ4v) is 2.30. The van der Waals surface area contributed by atoms with E-state index >= 15 is 0 Å². The van der Waals surface area contributed by atoms with Crippen molar-refractivity contribution in [2.75, 3.05) is 0 Å². The molecule has 1 fully saturated rings. The number of allylic oxidation sites excluding steroid dienone is 1. The Balaban J connectivity index is 2.46. The highest BCUT2D eigenvalue weighted by Crippen LogP contribution is 2.34. The lowest BCUT2D eigenvalue weighted by molar-refractivity contribution is 0.211. The van der Waals surface area contributed by atoms with Crippen LogP contribution >= 0.6 is 0 Å². The molecule has 0 heterocycles. The summed E-state index contributed by atoms with van der Waals surface area (Å²) in [6.45, 7) is 8.57. The Labute approximate surface area is 70.7 Å². The van der Waals surface area contributed by atoms with Crippen molar-refractivity contribution in [1.29, 1.82) is 0 Å². The zero-order valence-electron chi connectivity index (χ0n) is 7.84. The quantitative estimate of drug-likeness (QED) is 0.530. The van der Waals surface area contributed by atoms with E-state index in [4.69, 9.17) is 0 Å². The van der Waals surface area contributed by atoms with Gasteiger partial charge in [0.2, 0.25) is 0 Å². The van der Waals surface area contributed by atoms with E-state index in [9.17, 15) is 0 Å². The van der Waals surface area contributed by atoms with Crippen LogP contribution < -0.4 is 0 Å². The predicted molar refractivity (Wildman–Crippen MR) is 50.5 cm³/mol. The van der Waals surface area contributed by atoms with Crippen molar-refractivity contribution < 1.29 is 0 Å². The molecule has 0 N–H and O–H groups in total. The van der Waals surface area contributed by atoms with Gasteiger partial charge in [-0.15, -0.1) is 6.58 Å². The molecule has 0 aliphatic heterocycles. The van der Waals surface area contributed by atoms with E-state index in [2.05, 4.69) is 26.5 Å². The summed E-state index contributed by atoms with van der Waals surface area (Å²) < 4.78 is 0. The molecule has 1 aliphatic carbocycles. The molecule has 0 bridgehead atoms. The molecule has 64 valence electrons. The molecule has 0 saturated heterocycles. The molecule has 0 amide bonds. The SMILES string of the molecule is C=C[C@@H](C)C1CCCC[C@@H]1C. The molecule has 0 heteroatoms. The average molecular weight is 152 g/mol. The van der Waals surface area contributed by atoms with Gasteiger partial charge in [0.25, 0.3) is 0 Å². The van der Waals surface area contributed by atoms with Crippen molar-refractivity contribution in [3.8, 4) is 0 Å². The van der Waals surface area contributed by atoms with Crippen molar-refractivity contribution in [3.63, 3.8) is 0 Å². The van der Waals surface area contributed by atoms with Gasteiger partial charge in [0.05, 0.1) is 0 Å². The first-order chi connectivity index (χ1) is 5.25. The first-order valence-electron chi connectivity index (χ1n) is 4.88. The second-order valence-electron chi connectivity index (χ2n) is 4.02. The Morgan fingerprint density at radius 1 is 1.36 bits per heavy atom. The summed E-state index contributed by atoms with van der Waals surface area (Å²) in [6, 6.07) is 0. The number of hydrogen-bond acceptors (Lipinski definition) is 0. The standard InChI is InChI=1S/C11H20/c1-4-9(2)11-8-6-5-7-10(11)3/h4,9-11H,1,5-8H2,2-3H3/t9-,10+,11?/m1/s1. The molecular formula is C11H20. The van der Waals surface area contributed by atoms with Gasteiger partial charge in [0, 0.05) is 0 Å². The van der Waals surface area contributed by atoms with Crippen LogP contribution in [-0.4, -0.2) is 0 Å². The minimum atomic E-state index is 0.727. The van der Waals surface area contributed by atoms with Crippen LogP contribution in [0.15, 0.2) is 12.7 Å². The topological polar surface area (TPSA) is 0 Å². The molecule has 1 aliphatic rings. The second kappa shape index (κ2) is 3.94. The van der Waals surface area contributed by atoms with Crippen LogP contribution in [0.4, 0.5) is 0 Å². The van der Waals surface area contributed by atoms with Crippen LogP contribution in [0.3, 0.4) is 0 Å². The maximum absolute atomic E-state index is 3.87. The Kier molecular flexibility index (Phi) is 3.16. The van der Waals surface area contributed by atoms with Crippen LogP contribution in [0.1, 0.15) is 39.5 Å². The Morgan fingerprint density at radius 2 is 2.00 bits per heavy atom. The van der Waals surface area contributed by atoms with Gasteiger partial charge in [-0.2, -0.15) is 0 Å². The van der Waals surface area contributed by atoms with Crippen LogP contribution in [-0.2, 0) is 0 Å². The van der Waals surface area contributed by atoms with Crippen LogP contribution in [0.25, 0.3) is 0 Å². The molecule has 1 unspecified atom stereocenters. The summed E-state index contributed by atoms with van der Waals surface area (Å²) >= 11 is 0. The summed E-state index contributed by atoms with van der Waals surface area (Å²) in [6.07, 6.45) is 7.86. The Morgan fingerprint density at radius 3 is 2.55 bits per heavy atom. The number of hydrogen-bond donors (Lipinski definition) is 0. The van der Waals surface area contributed by atoms with Crippen molar-refractivity contribution in [3.05, 3.63) is 12.7 Å². The molecule has 0 radical (unpaired) electrons. The normalized spacial score (nSPS) is 34.7. The Hall–Kier alpha value is -0.260. The highest BCUT2D eigenvalue weighted by atomic mass is 14.3. The molecule has 0 nitrogen and oxygen atoms in total. The largest absolute Gasteiger partial charge is 0.103 e. The monoisotopic (exact) mass is 152 g/mol. The fourth-order valence-electron chi connectivity index (χ4n) is 2.30. The zero-order valence-corrected chi connectivity index (χ0v) is 7.84. The summed E-state index contributed by atoms with van der Waals surface area (Å²) in [4.78, 5) is 0. The lowest BCUT2D eigenvalue weighted by Gasteiger charge is -2.32. The van der Waals surface area contributed by atoms with Crippen LogP contribution in [0.2, 0.25) is 0 Å². The maximum atomic E-state index is 3.87. The van der Waals surface area contributed by atoms with Gasteiger partial charge in [0.1, 0.15) is 0 Å². The summed E-state index contributed by atoms with van der Waals surface area (Å²) in [5, 5.41) is 0. The van der Waals surface area contributed by atoms with Crippen molar-refractivity contribution >= 4 is 0 Å². The van der Waals surface area contributed by atoms with E-state index in [1.54, 1.807) is 0 Å². The molecule has 11 heavy (non-hydrogen) atoms. The van der Waals surface area contributed by atoms with Gasteiger partial charge in [0.15, 0.2) is 0 Å². The third-order valence-corrected chi connectivity index (χ3v) is 3.22. The molecule has 0 aromatic heterocycles. The van der Waals surface area contributed by atoms with E-state index in [1.807, 2.05) is 0 Å². The average Bonchev–Trinajstić information content (AvgIpc) is 2.04. The van der Waals surface area contributed by atoms with Gasteiger partial charge in [-0.1, -0.05) is 39.2 Å². The Bertz CT molecular complexity index is 126. The van der Waals surface area contributed by atoms with E-state index in [-0.39, 0.29) is 0 Å². The van der Waals surface area contributed by atoms with Crippen molar-refractivity contribution in [2.45, 2.75) is 39.5 Å². The van der Waals surface area contributed by atoms with Crippen molar-refractivity contribution in [2.24, 2.45) is 17.8 Å². The van der Waals surface area contributed by atoms with Crippen LogP contribution in [0, 0.1) is 17.8 Å². The zero-order chi connectivity index (χ0) is 8.27. The lowest BCUT2D eigenvalue weighted by atomic mass is 9.74. The van der Waals surface area contributed by atoms with Crippen molar-refractivity contribution in [1.82, 2.24) is 0 Å². The van der Waals surface area contributed by atoms with Gasteiger partial charge >= 0.3 is 0 Å². The highest BCUT2D eigenvalue weighted by Gasteiger charge is 2.24. The molecule has 0 aromatic rings. The molecule has 0 spiro atoms. The van der Waals surface area contributed by atoms with Gasteiger partial charge in [-0.05, 0) is 24.2 Å². The van der Waals surface area contributed by atoms with E-state index in [0.717, 1.165) is 17.8 Å². The molecule has 1 rings (SSSR count). The first-order valence-corrected chi connectivity index (χ1v) is 4.88. The molecule has 0 aromatic carbocycles. The van der Waals surface area contributed by atoms with Gasteiger partial charge in [-0.25, -0.2) is 0 Å². The maximum Gasteiger partial charge on any atom is -0.0234 e. The van der Waals surface area contributed by atoms with Crippen LogP contribution in [0.5, 0.6) is 0 Å². The molecular weight excluding hydrogens is 132 g/mol. The fraction of sp³-hybridized carbons (Fsp3) is 0.818. The molecule has 3 atom stereocenters. The molecule has 1 saturated carbocycles. The lowest BCUT2D eigenvalue weighted by Crippen LogP contribution is -2.21. The minimum absolute atomic E-state index is 0.727. The second-order valence-corrected chi connectivity index (χ2v) is 4.02. The minimum Gasteiger partial charge on any atom is -0.103 e. The van der Waals surface area contributed by atoms with Gasteiger partial charge in [-0.3, -0.25) is 0 Å². The predicted octanol–water partition coefficient (Wildman–Crippen LogP) is 3.63. The summed E-state index contributed by atoms with van der Waals surface area (Å²) in [7, 11) is 0. The third-order valence-electron chi connectivity index (χ3n) is 3.22. The summed E-state index contributed by atoms with van der Waals surface area (Å²) in [5.41, 5.74) is 0. The van der Waals surface area contributed by atoms with E-state index in [0.29, 0.717) is 0 Å². The van der Waals surface area contributed by atoms with Gasteiger partial charge < -0.3 is 0 Å². The highest BCUT2D eigenvalue weighted by molar-refractivity contribution is 4.85. The third kappa shape index (κ3) is 2.08. The first kappa shape index (κ1) is 8.83. The summed E-state index contributed by atoms with van der Waals surface area (Å²) in [5.74, 6) is 2.57. The van der Waals surface area contributed by atoms with E-state index in [1.165, 1.54) is 25.7 Å². The smallest absolute Gasteiger partial charge is 0.0234 e. The van der Waals surface area contributed by atoms with E-state index < -0.39 is 0 Å². The number of rotatable bonds is 2.